The van der Waals surface area contributed by atoms with Crippen molar-refractivity contribution in [3.8, 4) is 0 Å². The minimum absolute atomic E-state index is 0.113. The van der Waals surface area contributed by atoms with Gasteiger partial charge in [0.25, 0.3) is 11.8 Å². The maximum absolute atomic E-state index is 13.2. The summed E-state index contributed by atoms with van der Waals surface area (Å²) in [5.74, 6) is -0.881. The number of aromatic amines is 1. The van der Waals surface area contributed by atoms with Crippen LogP contribution in [0.25, 0.3) is 10.8 Å². The second-order valence-electron chi connectivity index (χ2n) is 9.03. The molecule has 3 heterocycles. The number of nitrogens with zero attached hydrogens (tertiary/aromatic N) is 1. The third-order valence-corrected chi connectivity index (χ3v) is 6.47. The number of morpholine rings is 1. The van der Waals surface area contributed by atoms with E-state index in [1.807, 2.05) is 13.8 Å². The van der Waals surface area contributed by atoms with Crippen molar-refractivity contribution in [2.24, 2.45) is 0 Å². The van der Waals surface area contributed by atoms with Gasteiger partial charge in [-0.05, 0) is 55.8 Å². The Hall–Kier alpha value is -3.89. The molecule has 1 fully saturated rings. The Kier molecular flexibility index (Phi) is 5.07. The molecule has 1 aromatic heterocycles. The van der Waals surface area contributed by atoms with Gasteiger partial charge in [-0.25, -0.2) is 0 Å². The van der Waals surface area contributed by atoms with Crippen molar-refractivity contribution in [1.29, 1.82) is 0 Å². The lowest BCUT2D eigenvalue weighted by molar-refractivity contribution is -0.150. The van der Waals surface area contributed by atoms with Crippen LogP contribution < -0.4 is 21.3 Å². The minimum atomic E-state index is -1.71. The molecule has 3 amide bonds. The first-order chi connectivity index (χ1) is 16.2. The highest BCUT2D eigenvalue weighted by molar-refractivity contribution is 6.08. The van der Waals surface area contributed by atoms with E-state index >= 15 is 0 Å². The Morgan fingerprint density at radius 3 is 2.85 bits per heavy atom. The van der Waals surface area contributed by atoms with Crippen molar-refractivity contribution in [3.63, 3.8) is 0 Å². The van der Waals surface area contributed by atoms with E-state index in [2.05, 4.69) is 15.6 Å². The van der Waals surface area contributed by atoms with Gasteiger partial charge in [-0.15, -0.1) is 0 Å². The summed E-state index contributed by atoms with van der Waals surface area (Å²) >= 11 is 0. The molecule has 6 N–H and O–H groups in total. The van der Waals surface area contributed by atoms with Gasteiger partial charge in [0.05, 0.1) is 12.0 Å². The Labute approximate surface area is 195 Å². The molecule has 2 aliphatic heterocycles. The number of carbonyl (C=O) groups excluding carboxylic acids is 3. The highest BCUT2D eigenvalue weighted by Gasteiger charge is 2.42. The molecule has 0 unspecified atom stereocenters. The lowest BCUT2D eigenvalue weighted by atomic mass is 9.86. The lowest BCUT2D eigenvalue weighted by Crippen LogP contribution is -2.55. The monoisotopic (exact) mass is 463 g/mol. The number of nitrogens with two attached hydrogens (primary N) is 1. The number of nitrogens with one attached hydrogen (secondary N) is 3. The molecular formula is C24H25N5O5. The van der Waals surface area contributed by atoms with Crippen molar-refractivity contribution in [2.75, 3.05) is 34.4 Å². The van der Waals surface area contributed by atoms with Crippen LogP contribution in [0.4, 0.5) is 22.9 Å². The predicted octanol–water partition coefficient (Wildman–Crippen LogP) is 1.71. The van der Waals surface area contributed by atoms with E-state index < -0.39 is 29.4 Å². The summed E-state index contributed by atoms with van der Waals surface area (Å²) in [5.41, 5.74) is 7.62. The maximum Gasteiger partial charge on any atom is 0.259 e. The van der Waals surface area contributed by atoms with Crippen LogP contribution in [0, 0.1) is 0 Å². The smallest absolute Gasteiger partial charge is 0.259 e. The van der Waals surface area contributed by atoms with E-state index in [1.165, 1.54) is 4.90 Å². The summed E-state index contributed by atoms with van der Waals surface area (Å²) in [7, 11) is 0. The number of fused-ring (bicyclic) bond motifs is 2. The Balaban J connectivity index is 1.33. The number of carbonyl (C=O) groups is 3. The highest BCUT2D eigenvalue weighted by atomic mass is 16.5. The predicted molar refractivity (Wildman–Crippen MR) is 128 cm³/mol. The molecule has 1 saturated heterocycles. The molecule has 2 atom stereocenters. The van der Waals surface area contributed by atoms with Crippen LogP contribution in [0.5, 0.6) is 0 Å². The van der Waals surface area contributed by atoms with Crippen molar-refractivity contribution in [1.82, 2.24) is 4.98 Å². The van der Waals surface area contributed by atoms with E-state index in [4.69, 9.17) is 10.5 Å². The largest absolute Gasteiger partial charge is 0.385 e. The average molecular weight is 463 g/mol. The summed E-state index contributed by atoms with van der Waals surface area (Å²) in [6.45, 7) is 4.03. The second kappa shape index (κ2) is 7.86. The molecule has 0 aliphatic carbocycles. The normalized spacial score (nSPS) is 20.2. The fourth-order valence-corrected chi connectivity index (χ4v) is 4.41. The van der Waals surface area contributed by atoms with E-state index in [9.17, 15) is 19.5 Å². The quantitative estimate of drug-likeness (QED) is 0.398. The number of aliphatic hydroxyl groups is 1. The Morgan fingerprint density at radius 2 is 2.06 bits per heavy atom. The molecule has 2 aromatic carbocycles. The highest BCUT2D eigenvalue weighted by Crippen LogP contribution is 2.39. The van der Waals surface area contributed by atoms with E-state index in [1.54, 1.807) is 42.6 Å². The van der Waals surface area contributed by atoms with Gasteiger partial charge in [-0.1, -0.05) is 0 Å². The molecule has 0 bridgehead atoms. The van der Waals surface area contributed by atoms with Crippen LogP contribution in [-0.2, 0) is 24.5 Å². The third-order valence-electron chi connectivity index (χ3n) is 6.47. The number of amides is 3. The first-order valence-electron chi connectivity index (χ1n) is 10.9. The van der Waals surface area contributed by atoms with Crippen molar-refractivity contribution in [3.05, 3.63) is 48.2 Å². The zero-order valence-electron chi connectivity index (χ0n) is 18.7. The van der Waals surface area contributed by atoms with Gasteiger partial charge in [-0.3, -0.25) is 14.4 Å². The number of aliphatic hydroxyl groups excluding tert-OH is 1. The minimum Gasteiger partial charge on any atom is -0.385 e. The first kappa shape index (κ1) is 21.9. The lowest BCUT2D eigenvalue weighted by Gasteiger charge is -2.34. The van der Waals surface area contributed by atoms with Crippen LogP contribution >= 0.6 is 0 Å². The van der Waals surface area contributed by atoms with Crippen LogP contribution in [0.1, 0.15) is 19.4 Å². The number of benzene rings is 2. The Bertz CT molecular complexity index is 1330. The summed E-state index contributed by atoms with van der Waals surface area (Å²) in [6.07, 6.45) is -1.36. The SMILES string of the molecule is CC1(C)C(=O)Nc2ccc(N3CCO[C@H]([C@@H](O)C(=O)Nc4ccc5c(N)[nH]cc5c4)C3=O)cc21. The van der Waals surface area contributed by atoms with Crippen LogP contribution in [0.2, 0.25) is 0 Å². The molecular weight excluding hydrogens is 438 g/mol. The van der Waals surface area contributed by atoms with Crippen LogP contribution in [-0.4, -0.2) is 53.2 Å². The second-order valence-corrected chi connectivity index (χ2v) is 9.03. The number of hydrogen-bond acceptors (Lipinski definition) is 6. The standard InChI is InChI=1S/C24H25N5O5/c1-24(2)16-10-14(4-6-17(16)28-23(24)33)29-7-8-34-19(22(29)32)18(30)21(31)27-13-3-5-15-12(9-13)11-26-20(15)25/h3-6,9-11,18-19,26,30H,7-8,25H2,1-2H3,(H,27,31)(H,28,33)/t18-,19-/m1/s1. The molecule has 2 aliphatic rings. The number of ether oxygens (including phenoxy) is 1. The molecule has 3 aromatic rings. The molecule has 5 rings (SSSR count). The van der Waals surface area contributed by atoms with Gasteiger partial charge in [0, 0.05) is 40.6 Å². The van der Waals surface area contributed by atoms with E-state index in [-0.39, 0.29) is 19.1 Å². The zero-order chi connectivity index (χ0) is 24.2. The summed E-state index contributed by atoms with van der Waals surface area (Å²) in [5, 5.41) is 17.7. The number of aromatic nitrogens is 1. The number of hydrogen-bond donors (Lipinski definition) is 5. The van der Waals surface area contributed by atoms with Crippen LogP contribution in [0.15, 0.2) is 42.6 Å². The molecule has 34 heavy (non-hydrogen) atoms. The summed E-state index contributed by atoms with van der Waals surface area (Å²) in [6, 6.07) is 10.4. The van der Waals surface area contributed by atoms with Gasteiger partial charge in [0.1, 0.15) is 5.82 Å². The van der Waals surface area contributed by atoms with Crippen LogP contribution in [0.3, 0.4) is 0 Å². The van der Waals surface area contributed by atoms with Gasteiger partial charge >= 0.3 is 0 Å². The van der Waals surface area contributed by atoms with Gasteiger partial charge in [0.2, 0.25) is 5.91 Å². The average Bonchev–Trinajstić information content (AvgIpc) is 3.29. The zero-order valence-corrected chi connectivity index (χ0v) is 18.7. The van der Waals surface area contributed by atoms with Gasteiger partial charge in [0.15, 0.2) is 12.2 Å². The number of anilines is 4. The van der Waals surface area contributed by atoms with E-state index in [0.717, 1.165) is 16.3 Å². The van der Waals surface area contributed by atoms with Crippen molar-refractivity contribution < 1.29 is 24.2 Å². The Morgan fingerprint density at radius 1 is 1.26 bits per heavy atom. The number of H-pyrrole nitrogens is 1. The summed E-state index contributed by atoms with van der Waals surface area (Å²) in [4.78, 5) is 42.5. The number of nitrogen functional groups attached to an aromatic ring is 1. The maximum atomic E-state index is 13.2. The molecule has 0 radical (unpaired) electrons. The fraction of sp³-hybridized carbons (Fsp3) is 0.292. The molecule has 176 valence electrons. The van der Waals surface area contributed by atoms with Gasteiger partial charge < -0.3 is 36.1 Å². The molecule has 0 saturated carbocycles. The first-order valence-corrected chi connectivity index (χ1v) is 10.9. The molecule has 0 spiro atoms. The van der Waals surface area contributed by atoms with Crippen molar-refractivity contribution in [2.45, 2.75) is 31.5 Å². The topological polar surface area (TPSA) is 150 Å². The number of rotatable bonds is 4. The van der Waals surface area contributed by atoms with Gasteiger partial charge in [-0.2, -0.15) is 0 Å². The van der Waals surface area contributed by atoms with Crippen molar-refractivity contribution >= 4 is 51.4 Å². The molecule has 10 heteroatoms. The summed E-state index contributed by atoms with van der Waals surface area (Å²) < 4.78 is 5.50. The molecule has 10 nitrogen and oxygen atoms in total. The third kappa shape index (κ3) is 3.47. The fourth-order valence-electron chi connectivity index (χ4n) is 4.41. The van der Waals surface area contributed by atoms with E-state index in [0.29, 0.717) is 22.9 Å².